The standard InChI is InChI=1S/C56H38N2/c1-3-17-41(18-4-1)47-27-11-13-31-54(47)57(44-34-36-52-51-28-12-14-32-55(51)58(56(52)38-44)42-23-5-2-6-24-42)43-33-35-50(48-29-15-21-39-19-7-9-25-45(39)48)53(37-43)49-30-16-22-40-20-8-10-26-46(40)49/h1-38H. The summed E-state index contributed by atoms with van der Waals surface area (Å²) < 4.78 is 2.40. The highest BCUT2D eigenvalue weighted by Gasteiger charge is 2.22. The van der Waals surface area contributed by atoms with E-state index in [1.54, 1.807) is 0 Å². The molecule has 0 amide bonds. The average Bonchev–Trinajstić information content (AvgIpc) is 3.63. The van der Waals surface area contributed by atoms with Gasteiger partial charge in [0.05, 0.1) is 16.7 Å². The minimum Gasteiger partial charge on any atom is -0.310 e. The Morgan fingerprint density at radius 1 is 0.293 bits per heavy atom. The van der Waals surface area contributed by atoms with Crippen molar-refractivity contribution in [2.24, 2.45) is 0 Å². The lowest BCUT2D eigenvalue weighted by atomic mass is 9.88. The van der Waals surface area contributed by atoms with Crippen LogP contribution in [0.4, 0.5) is 17.1 Å². The lowest BCUT2D eigenvalue weighted by Crippen LogP contribution is -2.12. The Kier molecular flexibility index (Phi) is 8.19. The van der Waals surface area contributed by atoms with E-state index in [4.69, 9.17) is 0 Å². The van der Waals surface area contributed by atoms with Gasteiger partial charge in [-0.2, -0.15) is 0 Å². The van der Waals surface area contributed by atoms with Gasteiger partial charge in [-0.25, -0.2) is 0 Å². The van der Waals surface area contributed by atoms with Gasteiger partial charge in [-0.3, -0.25) is 0 Å². The summed E-state index contributed by atoms with van der Waals surface area (Å²) >= 11 is 0. The summed E-state index contributed by atoms with van der Waals surface area (Å²) in [7, 11) is 0. The monoisotopic (exact) mass is 738 g/mol. The molecule has 0 N–H and O–H groups in total. The first kappa shape index (κ1) is 33.6. The number of nitrogens with zero attached hydrogens (tertiary/aromatic N) is 2. The van der Waals surface area contributed by atoms with E-state index in [0.717, 1.165) is 33.8 Å². The molecule has 0 bridgehead atoms. The molecule has 0 saturated heterocycles. The number of anilines is 3. The Balaban J connectivity index is 1.22. The second-order valence-corrected chi connectivity index (χ2v) is 14.9. The van der Waals surface area contributed by atoms with Gasteiger partial charge in [0.15, 0.2) is 0 Å². The highest BCUT2D eigenvalue weighted by atomic mass is 15.1. The van der Waals surface area contributed by atoms with Gasteiger partial charge in [0, 0.05) is 33.4 Å². The average molecular weight is 739 g/mol. The molecule has 0 aliphatic carbocycles. The molecule has 0 aliphatic rings. The topological polar surface area (TPSA) is 8.17 Å². The molecule has 10 aromatic carbocycles. The van der Waals surface area contributed by atoms with E-state index in [2.05, 4.69) is 240 Å². The Morgan fingerprint density at radius 2 is 0.810 bits per heavy atom. The SMILES string of the molecule is c1ccc(-c2ccccc2N(c2ccc(-c3cccc4ccccc34)c(-c3cccc4ccccc34)c2)c2ccc3c4ccccc4n(-c4ccccc4)c3c2)cc1. The third-order valence-electron chi connectivity index (χ3n) is 11.6. The van der Waals surface area contributed by atoms with Crippen molar-refractivity contribution in [2.75, 3.05) is 4.90 Å². The minimum absolute atomic E-state index is 1.08. The minimum atomic E-state index is 1.08. The molecular formula is C56H38N2. The molecule has 2 heteroatoms. The smallest absolute Gasteiger partial charge is 0.0561 e. The van der Waals surface area contributed by atoms with Crippen molar-refractivity contribution in [3.8, 4) is 39.1 Å². The summed E-state index contributed by atoms with van der Waals surface area (Å²) in [5, 5.41) is 7.38. The number of rotatable bonds is 7. The van der Waals surface area contributed by atoms with Gasteiger partial charge in [-0.15, -0.1) is 0 Å². The largest absolute Gasteiger partial charge is 0.310 e. The van der Waals surface area contributed by atoms with Crippen LogP contribution in [0.1, 0.15) is 0 Å². The van der Waals surface area contributed by atoms with Crippen molar-refractivity contribution in [1.82, 2.24) is 4.57 Å². The zero-order chi connectivity index (χ0) is 38.4. The summed E-state index contributed by atoms with van der Waals surface area (Å²) in [5.74, 6) is 0. The summed E-state index contributed by atoms with van der Waals surface area (Å²) in [6.07, 6.45) is 0. The Hall–Kier alpha value is -7.68. The molecule has 0 unspecified atom stereocenters. The molecule has 272 valence electrons. The zero-order valence-corrected chi connectivity index (χ0v) is 31.8. The number of para-hydroxylation sites is 3. The molecule has 2 nitrogen and oxygen atoms in total. The number of fused-ring (bicyclic) bond motifs is 5. The van der Waals surface area contributed by atoms with Crippen LogP contribution < -0.4 is 4.90 Å². The molecular weight excluding hydrogens is 701 g/mol. The number of hydrogen-bond donors (Lipinski definition) is 0. The van der Waals surface area contributed by atoms with Gasteiger partial charge < -0.3 is 9.47 Å². The molecule has 1 aromatic heterocycles. The lowest BCUT2D eigenvalue weighted by Gasteiger charge is -2.29. The van der Waals surface area contributed by atoms with Crippen molar-refractivity contribution in [3.63, 3.8) is 0 Å². The summed E-state index contributed by atoms with van der Waals surface area (Å²) in [6.45, 7) is 0. The summed E-state index contributed by atoms with van der Waals surface area (Å²) in [4.78, 5) is 2.45. The molecule has 58 heavy (non-hydrogen) atoms. The Labute approximate surface area is 338 Å². The molecule has 0 fully saturated rings. The number of aromatic nitrogens is 1. The van der Waals surface area contributed by atoms with Crippen LogP contribution in [0.3, 0.4) is 0 Å². The molecule has 0 radical (unpaired) electrons. The van der Waals surface area contributed by atoms with Crippen LogP contribution in [0, 0.1) is 0 Å². The summed E-state index contributed by atoms with van der Waals surface area (Å²) in [6, 6.07) is 83.8. The van der Waals surface area contributed by atoms with Crippen LogP contribution in [0.25, 0.3) is 82.4 Å². The van der Waals surface area contributed by atoms with Gasteiger partial charge in [-0.05, 0) is 97.9 Å². The number of hydrogen-bond acceptors (Lipinski definition) is 1. The third kappa shape index (κ3) is 5.66. The van der Waals surface area contributed by atoms with Crippen molar-refractivity contribution < 1.29 is 0 Å². The molecule has 11 rings (SSSR count). The zero-order valence-electron chi connectivity index (χ0n) is 31.8. The van der Waals surface area contributed by atoms with Crippen LogP contribution in [0.2, 0.25) is 0 Å². The first-order valence-corrected chi connectivity index (χ1v) is 19.9. The molecule has 0 spiro atoms. The highest BCUT2D eigenvalue weighted by Crippen LogP contribution is 2.47. The van der Waals surface area contributed by atoms with E-state index < -0.39 is 0 Å². The van der Waals surface area contributed by atoms with Gasteiger partial charge in [0.25, 0.3) is 0 Å². The third-order valence-corrected chi connectivity index (χ3v) is 11.6. The van der Waals surface area contributed by atoms with E-state index >= 15 is 0 Å². The van der Waals surface area contributed by atoms with Crippen LogP contribution >= 0.6 is 0 Å². The molecule has 11 aromatic rings. The van der Waals surface area contributed by atoms with Gasteiger partial charge in [0.2, 0.25) is 0 Å². The first-order valence-electron chi connectivity index (χ1n) is 19.9. The second kappa shape index (κ2) is 14.1. The highest BCUT2D eigenvalue weighted by molar-refractivity contribution is 6.11. The van der Waals surface area contributed by atoms with E-state index in [9.17, 15) is 0 Å². The van der Waals surface area contributed by atoms with Gasteiger partial charge in [0.1, 0.15) is 0 Å². The predicted octanol–water partition coefficient (Wildman–Crippen LogP) is 15.6. The fourth-order valence-electron chi connectivity index (χ4n) is 8.96. The van der Waals surface area contributed by atoms with E-state index in [-0.39, 0.29) is 0 Å². The quantitative estimate of drug-likeness (QED) is 0.158. The van der Waals surface area contributed by atoms with E-state index in [0.29, 0.717) is 0 Å². The fraction of sp³-hybridized carbons (Fsp3) is 0. The maximum atomic E-state index is 2.45. The van der Waals surface area contributed by atoms with Gasteiger partial charge >= 0.3 is 0 Å². The van der Waals surface area contributed by atoms with Gasteiger partial charge in [-0.1, -0.05) is 182 Å². The second-order valence-electron chi connectivity index (χ2n) is 14.9. The fourth-order valence-corrected chi connectivity index (χ4v) is 8.96. The van der Waals surface area contributed by atoms with Crippen molar-refractivity contribution in [2.45, 2.75) is 0 Å². The summed E-state index contributed by atoms with van der Waals surface area (Å²) in [5.41, 5.74) is 13.9. The van der Waals surface area contributed by atoms with Crippen molar-refractivity contribution in [3.05, 3.63) is 231 Å². The lowest BCUT2D eigenvalue weighted by molar-refractivity contribution is 1.18. The Morgan fingerprint density at radius 3 is 1.55 bits per heavy atom. The first-order chi connectivity index (χ1) is 28.8. The number of benzene rings is 10. The maximum Gasteiger partial charge on any atom is 0.0561 e. The molecule has 0 saturated carbocycles. The maximum absolute atomic E-state index is 2.45. The van der Waals surface area contributed by atoms with Crippen LogP contribution in [-0.2, 0) is 0 Å². The molecule has 1 heterocycles. The molecule has 0 aliphatic heterocycles. The van der Waals surface area contributed by atoms with Crippen LogP contribution in [0.15, 0.2) is 231 Å². The normalized spacial score (nSPS) is 11.4. The van der Waals surface area contributed by atoms with E-state index in [1.807, 2.05) is 0 Å². The van der Waals surface area contributed by atoms with Crippen LogP contribution in [0.5, 0.6) is 0 Å². The van der Waals surface area contributed by atoms with Crippen molar-refractivity contribution >= 4 is 60.4 Å². The molecule has 0 atom stereocenters. The van der Waals surface area contributed by atoms with E-state index in [1.165, 1.54) is 65.7 Å². The van der Waals surface area contributed by atoms with Crippen LogP contribution in [-0.4, -0.2) is 4.57 Å². The van der Waals surface area contributed by atoms with Crippen molar-refractivity contribution in [1.29, 1.82) is 0 Å². The Bertz CT molecular complexity index is 3280. The predicted molar refractivity (Wildman–Crippen MR) is 247 cm³/mol.